The molecule has 0 aromatic carbocycles. The van der Waals surface area contributed by atoms with Crippen molar-refractivity contribution in [1.29, 1.82) is 0 Å². The van der Waals surface area contributed by atoms with Crippen LogP contribution in [-0.4, -0.2) is 29.6 Å². The van der Waals surface area contributed by atoms with E-state index < -0.39 is 0 Å². The van der Waals surface area contributed by atoms with Crippen LogP contribution in [0.4, 0.5) is 0 Å². The number of hydrogen-bond donors (Lipinski definition) is 1. The molecule has 1 rings (SSSR count). The number of nitrogens with zero attached hydrogens (tertiary/aromatic N) is 1. The fourth-order valence-corrected chi connectivity index (χ4v) is 2.22. The number of likely N-dealkylation sites (tertiary alicyclic amines) is 1. The van der Waals surface area contributed by atoms with Crippen LogP contribution in [0.1, 0.15) is 40.0 Å². The minimum atomic E-state index is 0.356. The molecule has 0 saturated carbocycles. The monoisotopic (exact) mass is 170 g/mol. The third-order valence-electron chi connectivity index (χ3n) is 2.73. The Kier molecular flexibility index (Phi) is 3.53. The van der Waals surface area contributed by atoms with Gasteiger partial charge in [-0.05, 0) is 46.6 Å². The van der Waals surface area contributed by atoms with Gasteiger partial charge in [0.2, 0.25) is 0 Å². The average molecular weight is 170 g/mol. The molecule has 1 aliphatic rings. The largest absolute Gasteiger partial charge is 0.328 e. The Hall–Kier alpha value is -0.0800. The summed E-state index contributed by atoms with van der Waals surface area (Å²) in [5.74, 6) is 0. The van der Waals surface area contributed by atoms with Crippen LogP contribution in [0.2, 0.25) is 0 Å². The van der Waals surface area contributed by atoms with Crippen molar-refractivity contribution < 1.29 is 0 Å². The van der Waals surface area contributed by atoms with Crippen LogP contribution in [0.3, 0.4) is 0 Å². The summed E-state index contributed by atoms with van der Waals surface area (Å²) < 4.78 is 0. The zero-order chi connectivity index (χ0) is 9.14. The lowest BCUT2D eigenvalue weighted by Gasteiger charge is -2.29. The zero-order valence-electron chi connectivity index (χ0n) is 8.59. The first kappa shape index (κ1) is 10.0. The van der Waals surface area contributed by atoms with E-state index in [1.165, 1.54) is 19.4 Å². The number of rotatable bonds is 3. The highest BCUT2D eigenvalue weighted by molar-refractivity contribution is 4.83. The molecule has 0 unspecified atom stereocenters. The van der Waals surface area contributed by atoms with E-state index in [0.29, 0.717) is 12.1 Å². The fourth-order valence-electron chi connectivity index (χ4n) is 2.22. The molecule has 1 heterocycles. The Morgan fingerprint density at radius 2 is 2.08 bits per heavy atom. The van der Waals surface area contributed by atoms with E-state index in [1.54, 1.807) is 0 Å². The molecule has 0 spiro atoms. The van der Waals surface area contributed by atoms with Crippen LogP contribution in [0.5, 0.6) is 0 Å². The first-order valence-corrected chi connectivity index (χ1v) is 5.12. The smallest absolute Gasteiger partial charge is 0.0113 e. The Bertz CT molecular complexity index is 132. The summed E-state index contributed by atoms with van der Waals surface area (Å²) in [4.78, 5) is 2.59. The van der Waals surface area contributed by atoms with Gasteiger partial charge in [0.05, 0.1) is 0 Å². The molecule has 2 heteroatoms. The third-order valence-corrected chi connectivity index (χ3v) is 2.73. The molecular weight excluding hydrogens is 148 g/mol. The van der Waals surface area contributed by atoms with Crippen molar-refractivity contribution in [3.05, 3.63) is 0 Å². The molecule has 1 fully saturated rings. The van der Waals surface area contributed by atoms with E-state index in [0.717, 1.165) is 12.5 Å². The number of hydrogen-bond acceptors (Lipinski definition) is 2. The Labute approximate surface area is 76.1 Å². The SMILES string of the molecule is CC(C)N1CCC[C@@H]1C[C@H](C)N. The summed E-state index contributed by atoms with van der Waals surface area (Å²) >= 11 is 0. The van der Waals surface area contributed by atoms with E-state index in [4.69, 9.17) is 5.73 Å². The maximum atomic E-state index is 5.81. The van der Waals surface area contributed by atoms with Crippen LogP contribution in [0, 0.1) is 0 Å². The molecule has 72 valence electrons. The van der Waals surface area contributed by atoms with Crippen LogP contribution in [-0.2, 0) is 0 Å². The molecular formula is C10H22N2. The quantitative estimate of drug-likeness (QED) is 0.697. The van der Waals surface area contributed by atoms with Gasteiger partial charge in [-0.25, -0.2) is 0 Å². The second-order valence-electron chi connectivity index (χ2n) is 4.34. The molecule has 2 N–H and O–H groups in total. The van der Waals surface area contributed by atoms with Crippen LogP contribution in [0.25, 0.3) is 0 Å². The van der Waals surface area contributed by atoms with Crippen molar-refractivity contribution in [3.8, 4) is 0 Å². The van der Waals surface area contributed by atoms with E-state index in [2.05, 4.69) is 25.7 Å². The lowest BCUT2D eigenvalue weighted by atomic mass is 10.1. The van der Waals surface area contributed by atoms with Crippen molar-refractivity contribution in [2.24, 2.45) is 5.73 Å². The van der Waals surface area contributed by atoms with Gasteiger partial charge in [0.25, 0.3) is 0 Å². The van der Waals surface area contributed by atoms with E-state index in [1.807, 2.05) is 0 Å². The van der Waals surface area contributed by atoms with Crippen LogP contribution in [0.15, 0.2) is 0 Å². The summed E-state index contributed by atoms with van der Waals surface area (Å²) in [5.41, 5.74) is 5.81. The molecule has 2 nitrogen and oxygen atoms in total. The Morgan fingerprint density at radius 1 is 1.42 bits per heavy atom. The van der Waals surface area contributed by atoms with Crippen molar-refractivity contribution >= 4 is 0 Å². The first-order chi connectivity index (χ1) is 5.61. The highest BCUT2D eigenvalue weighted by atomic mass is 15.2. The van der Waals surface area contributed by atoms with Crippen LogP contribution < -0.4 is 5.73 Å². The molecule has 12 heavy (non-hydrogen) atoms. The predicted octanol–water partition coefficient (Wildman–Crippen LogP) is 1.60. The third kappa shape index (κ3) is 2.46. The van der Waals surface area contributed by atoms with Crippen LogP contribution >= 0.6 is 0 Å². The molecule has 0 radical (unpaired) electrons. The summed E-state index contributed by atoms with van der Waals surface area (Å²) in [7, 11) is 0. The highest BCUT2D eigenvalue weighted by Crippen LogP contribution is 2.22. The van der Waals surface area contributed by atoms with Crippen molar-refractivity contribution in [2.75, 3.05) is 6.54 Å². The van der Waals surface area contributed by atoms with Gasteiger partial charge in [-0.2, -0.15) is 0 Å². The number of nitrogens with two attached hydrogens (primary N) is 1. The van der Waals surface area contributed by atoms with Gasteiger partial charge in [-0.1, -0.05) is 0 Å². The second kappa shape index (κ2) is 4.24. The molecule has 0 amide bonds. The summed E-state index contributed by atoms with van der Waals surface area (Å²) in [6.45, 7) is 7.94. The normalized spacial score (nSPS) is 28.2. The molecule has 1 aliphatic heterocycles. The summed E-state index contributed by atoms with van der Waals surface area (Å²) in [5, 5.41) is 0. The second-order valence-corrected chi connectivity index (χ2v) is 4.34. The predicted molar refractivity (Wildman–Crippen MR) is 53.1 cm³/mol. The van der Waals surface area contributed by atoms with E-state index in [9.17, 15) is 0 Å². The van der Waals surface area contributed by atoms with E-state index in [-0.39, 0.29) is 0 Å². The molecule has 0 aromatic heterocycles. The maximum absolute atomic E-state index is 5.81. The molecule has 0 aromatic rings. The first-order valence-electron chi connectivity index (χ1n) is 5.12. The van der Waals surface area contributed by atoms with Gasteiger partial charge in [-0.15, -0.1) is 0 Å². The maximum Gasteiger partial charge on any atom is 0.0113 e. The minimum Gasteiger partial charge on any atom is -0.328 e. The molecule has 0 aliphatic carbocycles. The average Bonchev–Trinajstić information content (AvgIpc) is 2.33. The minimum absolute atomic E-state index is 0.356. The summed E-state index contributed by atoms with van der Waals surface area (Å²) in [6.07, 6.45) is 3.87. The lowest BCUT2D eigenvalue weighted by Crippen LogP contribution is -2.38. The van der Waals surface area contributed by atoms with Gasteiger partial charge in [-0.3, -0.25) is 4.90 Å². The van der Waals surface area contributed by atoms with Crippen molar-refractivity contribution in [2.45, 2.75) is 58.2 Å². The topological polar surface area (TPSA) is 29.3 Å². The highest BCUT2D eigenvalue weighted by Gasteiger charge is 2.26. The standard InChI is InChI=1S/C10H22N2/c1-8(2)12-6-4-5-10(12)7-9(3)11/h8-10H,4-7,11H2,1-3H3/t9-,10+/m0/s1. The van der Waals surface area contributed by atoms with E-state index >= 15 is 0 Å². The fraction of sp³-hybridized carbons (Fsp3) is 1.00. The molecule has 2 atom stereocenters. The van der Waals surface area contributed by atoms with Crippen molar-refractivity contribution in [1.82, 2.24) is 4.90 Å². The van der Waals surface area contributed by atoms with Gasteiger partial charge in [0.1, 0.15) is 0 Å². The Morgan fingerprint density at radius 3 is 2.58 bits per heavy atom. The van der Waals surface area contributed by atoms with Gasteiger partial charge in [0.15, 0.2) is 0 Å². The van der Waals surface area contributed by atoms with Gasteiger partial charge in [0, 0.05) is 18.1 Å². The van der Waals surface area contributed by atoms with Gasteiger partial charge >= 0.3 is 0 Å². The molecule has 1 saturated heterocycles. The lowest BCUT2D eigenvalue weighted by molar-refractivity contribution is 0.190. The molecule has 0 bridgehead atoms. The zero-order valence-corrected chi connectivity index (χ0v) is 8.59. The van der Waals surface area contributed by atoms with Crippen molar-refractivity contribution in [3.63, 3.8) is 0 Å². The summed E-state index contributed by atoms with van der Waals surface area (Å²) in [6, 6.07) is 1.80. The van der Waals surface area contributed by atoms with Gasteiger partial charge < -0.3 is 5.73 Å². The Balaban J connectivity index is 2.41.